The summed E-state index contributed by atoms with van der Waals surface area (Å²) in [7, 11) is 0. The van der Waals surface area contributed by atoms with E-state index in [1.807, 2.05) is 6.92 Å². The van der Waals surface area contributed by atoms with Crippen molar-refractivity contribution in [2.24, 2.45) is 5.73 Å². The van der Waals surface area contributed by atoms with E-state index in [4.69, 9.17) is 5.73 Å². The molecule has 1 aromatic heterocycles. The summed E-state index contributed by atoms with van der Waals surface area (Å²) in [6.07, 6.45) is 3.23. The standard InChI is InChI=1S/C8H11N3OS.ClH/c1-5-10-4-6(13-5)11-7(12)8(9)2-3-8;/h4H,2-3,9H2,1H3,(H,11,12);1H. The number of carbonyl (C=O) groups is 1. The average Bonchev–Trinajstić information content (AvgIpc) is 2.69. The van der Waals surface area contributed by atoms with Crippen LogP contribution >= 0.6 is 23.7 Å². The van der Waals surface area contributed by atoms with Crippen LogP contribution in [0.15, 0.2) is 6.20 Å². The van der Waals surface area contributed by atoms with Crippen molar-refractivity contribution in [1.29, 1.82) is 0 Å². The van der Waals surface area contributed by atoms with Crippen LogP contribution in [0.3, 0.4) is 0 Å². The third-order valence-corrected chi connectivity index (χ3v) is 2.93. The van der Waals surface area contributed by atoms with Crippen LogP contribution in [0.25, 0.3) is 0 Å². The molecule has 6 heteroatoms. The summed E-state index contributed by atoms with van der Waals surface area (Å²) in [5, 5.41) is 4.48. The van der Waals surface area contributed by atoms with Crippen molar-refractivity contribution in [2.75, 3.05) is 5.32 Å². The number of halogens is 1. The molecule has 0 bridgehead atoms. The Labute approximate surface area is 92.3 Å². The summed E-state index contributed by atoms with van der Waals surface area (Å²) in [5.41, 5.74) is 5.12. The highest BCUT2D eigenvalue weighted by atomic mass is 35.5. The fraction of sp³-hybridized carbons (Fsp3) is 0.500. The Morgan fingerprint density at radius 1 is 1.71 bits per heavy atom. The van der Waals surface area contributed by atoms with Crippen molar-refractivity contribution < 1.29 is 4.79 Å². The van der Waals surface area contributed by atoms with E-state index in [9.17, 15) is 4.79 Å². The molecule has 14 heavy (non-hydrogen) atoms. The number of thiazole rings is 1. The second-order valence-corrected chi connectivity index (χ2v) is 4.59. The van der Waals surface area contributed by atoms with Crippen molar-refractivity contribution >= 4 is 34.7 Å². The van der Waals surface area contributed by atoms with Gasteiger partial charge in [-0.2, -0.15) is 0 Å². The lowest BCUT2D eigenvalue weighted by Crippen LogP contribution is -2.37. The maximum atomic E-state index is 11.4. The fourth-order valence-electron chi connectivity index (χ4n) is 1.02. The number of hydrogen-bond donors (Lipinski definition) is 2. The lowest BCUT2D eigenvalue weighted by atomic mass is 10.3. The van der Waals surface area contributed by atoms with Gasteiger partial charge in [0.2, 0.25) is 5.91 Å². The molecule has 1 saturated carbocycles. The summed E-state index contributed by atoms with van der Waals surface area (Å²) < 4.78 is 0. The highest BCUT2D eigenvalue weighted by molar-refractivity contribution is 7.15. The third kappa shape index (κ3) is 2.23. The van der Waals surface area contributed by atoms with E-state index in [0.29, 0.717) is 0 Å². The molecule has 1 aromatic rings. The number of aryl methyl sites for hydroxylation is 1. The maximum Gasteiger partial charge on any atom is 0.245 e. The highest BCUT2D eigenvalue weighted by Gasteiger charge is 2.46. The summed E-state index contributed by atoms with van der Waals surface area (Å²) >= 11 is 1.46. The van der Waals surface area contributed by atoms with Crippen LogP contribution in [0, 0.1) is 6.92 Å². The van der Waals surface area contributed by atoms with E-state index in [0.717, 1.165) is 22.9 Å². The first-order valence-corrected chi connectivity index (χ1v) is 4.95. The zero-order chi connectivity index (χ0) is 9.47. The Bertz CT molecular complexity index is 348. The molecular formula is C8H12ClN3OS. The number of nitrogens with two attached hydrogens (primary N) is 1. The SMILES string of the molecule is Cc1ncc(NC(=O)C2(N)CC2)s1.Cl. The van der Waals surface area contributed by atoms with Crippen LogP contribution in [-0.2, 0) is 4.79 Å². The van der Waals surface area contributed by atoms with E-state index in [1.165, 1.54) is 11.3 Å². The predicted molar refractivity (Wildman–Crippen MR) is 58.9 cm³/mol. The zero-order valence-corrected chi connectivity index (χ0v) is 9.37. The van der Waals surface area contributed by atoms with E-state index < -0.39 is 5.54 Å². The van der Waals surface area contributed by atoms with Crippen molar-refractivity contribution in [3.63, 3.8) is 0 Å². The third-order valence-electron chi connectivity index (χ3n) is 2.10. The maximum absolute atomic E-state index is 11.4. The predicted octanol–water partition coefficient (Wildman–Crippen LogP) is 1.30. The van der Waals surface area contributed by atoms with Crippen LogP contribution in [0.5, 0.6) is 0 Å². The Balaban J connectivity index is 0.000000980. The van der Waals surface area contributed by atoms with Crippen LogP contribution in [0.4, 0.5) is 5.00 Å². The van der Waals surface area contributed by atoms with Gasteiger partial charge in [-0.15, -0.1) is 23.7 Å². The summed E-state index contributed by atoms with van der Waals surface area (Å²) in [6.45, 7) is 1.90. The molecule has 4 nitrogen and oxygen atoms in total. The van der Waals surface area contributed by atoms with Gasteiger partial charge in [0.05, 0.1) is 16.7 Å². The summed E-state index contributed by atoms with van der Waals surface area (Å²) in [5.74, 6) is -0.0869. The molecule has 1 heterocycles. The van der Waals surface area contributed by atoms with Gasteiger partial charge in [0.15, 0.2) is 0 Å². The zero-order valence-electron chi connectivity index (χ0n) is 7.74. The normalized spacial score (nSPS) is 17.0. The van der Waals surface area contributed by atoms with Crippen LogP contribution < -0.4 is 11.1 Å². The van der Waals surface area contributed by atoms with Gasteiger partial charge in [-0.3, -0.25) is 4.79 Å². The topological polar surface area (TPSA) is 68.0 Å². The molecule has 0 spiro atoms. The average molecular weight is 234 g/mol. The second-order valence-electron chi connectivity index (χ2n) is 3.35. The number of amides is 1. The van der Waals surface area contributed by atoms with E-state index >= 15 is 0 Å². The highest BCUT2D eigenvalue weighted by Crippen LogP contribution is 2.33. The first-order valence-electron chi connectivity index (χ1n) is 4.13. The smallest absolute Gasteiger partial charge is 0.245 e. The van der Waals surface area contributed by atoms with Gasteiger partial charge >= 0.3 is 0 Å². The van der Waals surface area contributed by atoms with Gasteiger partial charge in [0.1, 0.15) is 5.00 Å². The molecule has 3 N–H and O–H groups in total. The molecular weight excluding hydrogens is 222 g/mol. The number of nitrogens with zero attached hydrogens (tertiary/aromatic N) is 1. The quantitative estimate of drug-likeness (QED) is 0.809. The molecule has 78 valence electrons. The minimum absolute atomic E-state index is 0. The van der Waals surface area contributed by atoms with E-state index in [-0.39, 0.29) is 18.3 Å². The number of nitrogens with one attached hydrogen (secondary N) is 1. The van der Waals surface area contributed by atoms with Gasteiger partial charge in [-0.1, -0.05) is 0 Å². The number of aromatic nitrogens is 1. The number of rotatable bonds is 2. The van der Waals surface area contributed by atoms with Crippen LogP contribution in [0.2, 0.25) is 0 Å². The van der Waals surface area contributed by atoms with Crippen molar-refractivity contribution in [3.8, 4) is 0 Å². The number of hydrogen-bond acceptors (Lipinski definition) is 4. The number of anilines is 1. The van der Waals surface area contributed by atoms with Crippen molar-refractivity contribution in [2.45, 2.75) is 25.3 Å². The van der Waals surface area contributed by atoms with Gasteiger partial charge in [-0.25, -0.2) is 4.98 Å². The van der Waals surface area contributed by atoms with Gasteiger partial charge in [0, 0.05) is 0 Å². The Morgan fingerprint density at radius 3 is 2.79 bits per heavy atom. The number of carbonyl (C=O) groups excluding carboxylic acids is 1. The van der Waals surface area contributed by atoms with Crippen LogP contribution in [0.1, 0.15) is 17.8 Å². The first-order chi connectivity index (χ1) is 6.10. The van der Waals surface area contributed by atoms with E-state index in [2.05, 4.69) is 10.3 Å². The Hall–Kier alpha value is -0.650. The molecule has 0 aromatic carbocycles. The monoisotopic (exact) mass is 233 g/mol. The molecule has 0 atom stereocenters. The largest absolute Gasteiger partial charge is 0.317 e. The van der Waals surface area contributed by atoms with Gasteiger partial charge < -0.3 is 11.1 Å². The molecule has 2 rings (SSSR count). The minimum atomic E-state index is -0.599. The molecule has 0 aliphatic heterocycles. The molecule has 0 saturated heterocycles. The van der Waals surface area contributed by atoms with Crippen LogP contribution in [-0.4, -0.2) is 16.4 Å². The summed E-state index contributed by atoms with van der Waals surface area (Å²) in [4.78, 5) is 15.5. The molecule has 1 fully saturated rings. The van der Waals surface area contributed by atoms with Gasteiger partial charge in [-0.05, 0) is 19.8 Å². The molecule has 0 unspecified atom stereocenters. The van der Waals surface area contributed by atoms with Crippen molar-refractivity contribution in [1.82, 2.24) is 4.98 Å². The molecule has 1 aliphatic carbocycles. The minimum Gasteiger partial charge on any atom is -0.317 e. The lowest BCUT2D eigenvalue weighted by Gasteiger charge is -2.06. The lowest BCUT2D eigenvalue weighted by molar-refractivity contribution is -0.118. The first kappa shape index (κ1) is 11.4. The molecule has 1 amide bonds. The second kappa shape index (κ2) is 3.84. The Kier molecular flexibility index (Phi) is 3.14. The summed E-state index contributed by atoms with van der Waals surface area (Å²) in [6, 6.07) is 0. The van der Waals surface area contributed by atoms with E-state index in [1.54, 1.807) is 6.20 Å². The molecule has 0 radical (unpaired) electrons. The Morgan fingerprint density at radius 2 is 2.36 bits per heavy atom. The molecule has 1 aliphatic rings. The van der Waals surface area contributed by atoms with Crippen molar-refractivity contribution in [3.05, 3.63) is 11.2 Å². The fourth-order valence-corrected chi connectivity index (χ4v) is 1.69. The van der Waals surface area contributed by atoms with Gasteiger partial charge in [0.25, 0.3) is 0 Å².